The summed E-state index contributed by atoms with van der Waals surface area (Å²) in [5.41, 5.74) is 9.68. The van der Waals surface area contributed by atoms with E-state index < -0.39 is 5.60 Å². The number of nitrogens with one attached hydrogen (secondary N) is 1. The van der Waals surface area contributed by atoms with Gasteiger partial charge in [0.1, 0.15) is 11.1 Å². The van der Waals surface area contributed by atoms with E-state index in [1.165, 1.54) is 4.70 Å². The van der Waals surface area contributed by atoms with Crippen molar-refractivity contribution in [3.8, 4) is 0 Å². The molecule has 1 saturated heterocycles. The molecule has 2 heterocycles. The fourth-order valence-electron chi connectivity index (χ4n) is 3.25. The van der Waals surface area contributed by atoms with E-state index in [4.69, 9.17) is 15.5 Å². The van der Waals surface area contributed by atoms with Gasteiger partial charge < -0.3 is 20.7 Å². The molecule has 1 aliphatic rings. The van der Waals surface area contributed by atoms with Gasteiger partial charge in [-0.25, -0.2) is 9.78 Å². The lowest BCUT2D eigenvalue weighted by Gasteiger charge is -2.23. The van der Waals surface area contributed by atoms with Crippen LogP contribution < -0.4 is 16.0 Å². The molecule has 136 valence electrons. The Labute approximate surface area is 152 Å². The number of thiazole rings is 1. The number of hydrogen-bond donors (Lipinski definition) is 2. The van der Waals surface area contributed by atoms with E-state index in [0.717, 1.165) is 40.4 Å². The summed E-state index contributed by atoms with van der Waals surface area (Å²) in [7, 11) is 0. The molecule has 3 N–H and O–H groups in total. The molecule has 1 aliphatic heterocycles. The van der Waals surface area contributed by atoms with Crippen molar-refractivity contribution in [2.45, 2.75) is 52.7 Å². The highest BCUT2D eigenvalue weighted by Crippen LogP contribution is 2.39. The van der Waals surface area contributed by atoms with Gasteiger partial charge in [0.15, 0.2) is 0 Å². The van der Waals surface area contributed by atoms with Crippen LogP contribution in [0.5, 0.6) is 0 Å². The van der Waals surface area contributed by atoms with Crippen LogP contribution in [-0.4, -0.2) is 35.8 Å². The molecule has 2 aromatic rings. The molecule has 1 unspecified atom stereocenters. The van der Waals surface area contributed by atoms with Crippen LogP contribution in [0.15, 0.2) is 6.07 Å². The van der Waals surface area contributed by atoms with Crippen molar-refractivity contribution in [2.24, 2.45) is 0 Å². The van der Waals surface area contributed by atoms with Crippen molar-refractivity contribution < 1.29 is 9.53 Å². The second-order valence-electron chi connectivity index (χ2n) is 7.62. The Bertz CT molecular complexity index is 809. The smallest absolute Gasteiger partial charge is 0.407 e. The van der Waals surface area contributed by atoms with Gasteiger partial charge in [-0.05, 0) is 52.7 Å². The van der Waals surface area contributed by atoms with Crippen molar-refractivity contribution in [2.75, 3.05) is 23.7 Å². The van der Waals surface area contributed by atoms with E-state index in [9.17, 15) is 4.79 Å². The molecular formula is C18H26N4O2S. The van der Waals surface area contributed by atoms with E-state index >= 15 is 0 Å². The monoisotopic (exact) mass is 362 g/mol. The first-order valence-electron chi connectivity index (χ1n) is 8.55. The number of hydrogen-bond acceptors (Lipinski definition) is 6. The Kier molecular flexibility index (Phi) is 4.53. The average molecular weight is 362 g/mol. The van der Waals surface area contributed by atoms with Crippen molar-refractivity contribution in [1.82, 2.24) is 10.3 Å². The van der Waals surface area contributed by atoms with Gasteiger partial charge in [0, 0.05) is 13.1 Å². The number of carbonyl (C=O) groups excluding carboxylic acids is 1. The molecule has 7 heteroatoms. The van der Waals surface area contributed by atoms with Gasteiger partial charge in [-0.1, -0.05) is 0 Å². The summed E-state index contributed by atoms with van der Waals surface area (Å²) in [6.07, 6.45) is 0.489. The summed E-state index contributed by atoms with van der Waals surface area (Å²) in [4.78, 5) is 18.9. The molecule has 6 nitrogen and oxygen atoms in total. The molecule has 3 rings (SSSR count). The fraction of sp³-hybridized carbons (Fsp3) is 0.556. The first kappa shape index (κ1) is 17.8. The number of nitrogens with zero attached hydrogens (tertiary/aromatic N) is 2. The first-order chi connectivity index (χ1) is 11.6. The maximum atomic E-state index is 12.0. The Morgan fingerprint density at radius 2 is 2.16 bits per heavy atom. The molecule has 0 saturated carbocycles. The van der Waals surface area contributed by atoms with E-state index in [1.54, 1.807) is 11.3 Å². The quantitative estimate of drug-likeness (QED) is 0.798. The number of ether oxygens (including phenoxy) is 1. The lowest BCUT2D eigenvalue weighted by Crippen LogP contribution is -2.40. The maximum Gasteiger partial charge on any atom is 0.407 e. The van der Waals surface area contributed by atoms with E-state index in [-0.39, 0.29) is 12.1 Å². The second kappa shape index (κ2) is 6.37. The number of nitrogen functional groups attached to an aromatic ring is 1. The molecule has 1 aromatic heterocycles. The van der Waals surface area contributed by atoms with Gasteiger partial charge in [-0.15, -0.1) is 11.3 Å². The van der Waals surface area contributed by atoms with Crippen LogP contribution in [-0.2, 0) is 4.74 Å². The van der Waals surface area contributed by atoms with Crippen molar-refractivity contribution in [3.63, 3.8) is 0 Å². The minimum atomic E-state index is -0.492. The maximum absolute atomic E-state index is 12.0. The van der Waals surface area contributed by atoms with Gasteiger partial charge in [0.05, 0.1) is 27.1 Å². The topological polar surface area (TPSA) is 80.5 Å². The van der Waals surface area contributed by atoms with Crippen LogP contribution in [0.3, 0.4) is 0 Å². The SMILES string of the molecule is Cc1nc2c(N3CCC(NC(=O)OC(C)(C)C)C3)c(N)cc(C)c2s1. The summed E-state index contributed by atoms with van der Waals surface area (Å²) >= 11 is 1.70. The van der Waals surface area contributed by atoms with E-state index in [1.807, 2.05) is 33.8 Å². The normalized spacial score (nSPS) is 18.0. The Morgan fingerprint density at radius 3 is 2.84 bits per heavy atom. The molecule has 1 aromatic carbocycles. The Hall–Kier alpha value is -2.02. The van der Waals surface area contributed by atoms with Crippen molar-refractivity contribution in [3.05, 3.63) is 16.6 Å². The minimum absolute atomic E-state index is 0.0466. The summed E-state index contributed by atoms with van der Waals surface area (Å²) in [6, 6.07) is 2.06. The fourth-order valence-corrected chi connectivity index (χ4v) is 4.14. The number of amides is 1. The number of anilines is 2. The van der Waals surface area contributed by atoms with Crippen LogP contribution >= 0.6 is 11.3 Å². The van der Waals surface area contributed by atoms with Crippen LogP contribution in [0.2, 0.25) is 0 Å². The summed E-state index contributed by atoms with van der Waals surface area (Å²) in [5, 5.41) is 3.99. The minimum Gasteiger partial charge on any atom is -0.444 e. The highest BCUT2D eigenvalue weighted by Gasteiger charge is 2.29. The van der Waals surface area contributed by atoms with Gasteiger partial charge in [0.25, 0.3) is 0 Å². The van der Waals surface area contributed by atoms with E-state index in [2.05, 4.69) is 17.1 Å². The lowest BCUT2D eigenvalue weighted by molar-refractivity contribution is 0.0509. The van der Waals surface area contributed by atoms with Gasteiger partial charge in [-0.3, -0.25) is 0 Å². The predicted octanol–water partition coefficient (Wildman–Crippen LogP) is 3.60. The Morgan fingerprint density at radius 1 is 1.44 bits per heavy atom. The molecule has 1 fully saturated rings. The predicted molar refractivity (Wildman–Crippen MR) is 103 cm³/mol. The third-order valence-electron chi connectivity index (χ3n) is 4.19. The molecule has 1 atom stereocenters. The van der Waals surface area contributed by atoms with Crippen LogP contribution in [0.4, 0.5) is 16.2 Å². The molecule has 0 spiro atoms. The third kappa shape index (κ3) is 3.81. The summed E-state index contributed by atoms with van der Waals surface area (Å²) in [6.45, 7) is 11.2. The molecule has 1 amide bonds. The molecule has 0 bridgehead atoms. The van der Waals surface area contributed by atoms with Crippen LogP contribution in [0, 0.1) is 13.8 Å². The first-order valence-corrected chi connectivity index (χ1v) is 9.36. The standard InChI is InChI=1S/C18H26N4O2S/c1-10-8-13(19)15(14-16(10)25-11(2)20-14)22-7-6-12(9-22)21-17(23)24-18(3,4)5/h8,12H,6-7,9,19H2,1-5H3,(H,21,23). The second-order valence-corrected chi connectivity index (χ2v) is 8.82. The van der Waals surface area contributed by atoms with Gasteiger partial charge in [0.2, 0.25) is 0 Å². The van der Waals surface area contributed by atoms with E-state index in [0.29, 0.717) is 6.54 Å². The zero-order valence-electron chi connectivity index (χ0n) is 15.5. The summed E-state index contributed by atoms with van der Waals surface area (Å²) in [5.74, 6) is 0. The Balaban J connectivity index is 1.79. The molecule has 0 aliphatic carbocycles. The highest BCUT2D eigenvalue weighted by atomic mass is 32.1. The highest BCUT2D eigenvalue weighted by molar-refractivity contribution is 7.18. The molecule has 25 heavy (non-hydrogen) atoms. The van der Waals surface area contributed by atoms with Gasteiger partial charge >= 0.3 is 6.09 Å². The number of carbonyl (C=O) groups is 1. The number of aromatic nitrogens is 1. The zero-order chi connectivity index (χ0) is 18.4. The van der Waals surface area contributed by atoms with Crippen molar-refractivity contribution >= 4 is 39.0 Å². The number of alkyl carbamates (subject to hydrolysis) is 1. The number of aryl methyl sites for hydroxylation is 2. The van der Waals surface area contributed by atoms with Gasteiger partial charge in [-0.2, -0.15) is 0 Å². The average Bonchev–Trinajstić information content (AvgIpc) is 3.03. The lowest BCUT2D eigenvalue weighted by atomic mass is 10.1. The number of rotatable bonds is 2. The summed E-state index contributed by atoms with van der Waals surface area (Å²) < 4.78 is 6.54. The number of benzene rings is 1. The molecular weight excluding hydrogens is 336 g/mol. The van der Waals surface area contributed by atoms with Crippen LogP contribution in [0.25, 0.3) is 10.2 Å². The zero-order valence-corrected chi connectivity index (χ0v) is 16.3. The largest absolute Gasteiger partial charge is 0.444 e. The third-order valence-corrected chi connectivity index (χ3v) is 5.29. The number of nitrogens with two attached hydrogens (primary N) is 1. The van der Waals surface area contributed by atoms with Crippen LogP contribution in [0.1, 0.15) is 37.8 Å². The van der Waals surface area contributed by atoms with Crippen molar-refractivity contribution in [1.29, 1.82) is 0 Å². The number of fused-ring (bicyclic) bond motifs is 1. The molecule has 0 radical (unpaired) electrons.